The van der Waals surface area contributed by atoms with E-state index in [2.05, 4.69) is 14.3 Å². The van der Waals surface area contributed by atoms with Crippen molar-refractivity contribution in [1.82, 2.24) is 14.3 Å². The Hall–Kier alpha value is -1.84. The maximum absolute atomic E-state index is 12.6. The highest BCUT2D eigenvalue weighted by Gasteiger charge is 2.37. The number of carbonyl (C=O) groups is 1. The fraction of sp³-hybridized carbons (Fsp3) is 0.500. The van der Waals surface area contributed by atoms with E-state index in [-0.39, 0.29) is 5.92 Å². The molecule has 0 saturated heterocycles. The van der Waals surface area contributed by atoms with Gasteiger partial charge in [0, 0.05) is 18.2 Å². The first-order chi connectivity index (χ1) is 9.83. The Morgan fingerprint density at radius 3 is 2.85 bits per heavy atom. The molecular formula is C16H19N3O. The summed E-state index contributed by atoms with van der Waals surface area (Å²) in [6, 6.07) is 6.47. The quantitative estimate of drug-likeness (QED) is 0.855. The molecule has 0 spiro atoms. The van der Waals surface area contributed by atoms with Gasteiger partial charge in [-0.05, 0) is 37.8 Å². The normalized spacial score (nSPS) is 19.0. The second-order valence-electron chi connectivity index (χ2n) is 6.00. The summed E-state index contributed by atoms with van der Waals surface area (Å²) in [6.45, 7) is 0.700. The largest absolute Gasteiger partial charge is 0.334 e. The zero-order valence-corrected chi connectivity index (χ0v) is 11.5. The van der Waals surface area contributed by atoms with Gasteiger partial charge in [-0.15, -0.1) is 0 Å². The summed E-state index contributed by atoms with van der Waals surface area (Å²) in [7, 11) is 0. The number of fused-ring (bicyclic) bond motifs is 1. The molecule has 4 heteroatoms. The van der Waals surface area contributed by atoms with Gasteiger partial charge in [-0.1, -0.05) is 12.5 Å². The zero-order valence-electron chi connectivity index (χ0n) is 11.5. The van der Waals surface area contributed by atoms with Crippen LogP contribution in [-0.2, 0) is 11.3 Å². The molecule has 2 aliphatic carbocycles. The predicted molar refractivity (Wildman–Crippen MR) is 76.1 cm³/mol. The Balaban J connectivity index is 1.59. The number of hydrogen-bond acceptors (Lipinski definition) is 2. The van der Waals surface area contributed by atoms with Crippen LogP contribution in [0.3, 0.4) is 0 Å². The summed E-state index contributed by atoms with van der Waals surface area (Å²) in [5.41, 5.74) is 2.06. The summed E-state index contributed by atoms with van der Waals surface area (Å²) >= 11 is 0. The highest BCUT2D eigenvalue weighted by atomic mass is 16.2. The molecule has 104 valence electrons. The fourth-order valence-electron chi connectivity index (χ4n) is 2.94. The molecule has 0 N–H and O–H groups in total. The maximum Gasteiger partial charge on any atom is 0.226 e. The zero-order chi connectivity index (χ0) is 13.5. The standard InChI is InChI=1S/C16H19N3O/c20-16(12-4-3-5-12)19(13-7-8-13)11-14-10-17-15-6-1-2-9-18(14)15/h1-2,6,9-10,12-13H,3-5,7-8,11H2. The van der Waals surface area contributed by atoms with Crippen molar-refractivity contribution in [2.45, 2.75) is 44.7 Å². The van der Waals surface area contributed by atoms with Crippen LogP contribution in [0.2, 0.25) is 0 Å². The number of imidazole rings is 1. The van der Waals surface area contributed by atoms with Crippen molar-refractivity contribution in [2.24, 2.45) is 5.92 Å². The first kappa shape index (κ1) is 11.9. The van der Waals surface area contributed by atoms with Gasteiger partial charge in [-0.25, -0.2) is 4.98 Å². The average Bonchev–Trinajstić information content (AvgIpc) is 3.15. The van der Waals surface area contributed by atoms with Crippen LogP contribution in [-0.4, -0.2) is 26.2 Å². The van der Waals surface area contributed by atoms with E-state index in [1.54, 1.807) is 0 Å². The van der Waals surface area contributed by atoms with Crippen LogP contribution in [0, 0.1) is 5.92 Å². The molecule has 20 heavy (non-hydrogen) atoms. The second kappa shape index (κ2) is 4.62. The van der Waals surface area contributed by atoms with Gasteiger partial charge in [0.15, 0.2) is 0 Å². The minimum atomic E-state index is 0.287. The van der Waals surface area contributed by atoms with E-state index in [0.717, 1.165) is 37.0 Å². The molecule has 4 nitrogen and oxygen atoms in total. The minimum Gasteiger partial charge on any atom is -0.334 e. The van der Waals surface area contributed by atoms with Crippen molar-refractivity contribution >= 4 is 11.6 Å². The van der Waals surface area contributed by atoms with Crippen LogP contribution < -0.4 is 0 Å². The highest BCUT2D eigenvalue weighted by Crippen LogP contribution is 2.35. The molecule has 2 aromatic heterocycles. The van der Waals surface area contributed by atoms with Crippen LogP contribution in [0.15, 0.2) is 30.6 Å². The first-order valence-electron chi connectivity index (χ1n) is 7.54. The molecule has 0 atom stereocenters. The Bertz CT molecular complexity index is 640. The van der Waals surface area contributed by atoms with E-state index in [4.69, 9.17) is 0 Å². The molecule has 2 aliphatic rings. The average molecular weight is 269 g/mol. The summed E-state index contributed by atoms with van der Waals surface area (Å²) < 4.78 is 2.09. The lowest BCUT2D eigenvalue weighted by atomic mass is 9.84. The number of carbonyl (C=O) groups excluding carboxylic acids is 1. The summed E-state index contributed by atoms with van der Waals surface area (Å²) in [6.07, 6.45) is 9.62. The smallest absolute Gasteiger partial charge is 0.226 e. The van der Waals surface area contributed by atoms with E-state index in [0.29, 0.717) is 18.5 Å². The van der Waals surface area contributed by atoms with Crippen LogP contribution in [0.5, 0.6) is 0 Å². The highest BCUT2D eigenvalue weighted by molar-refractivity contribution is 5.80. The number of rotatable bonds is 4. The van der Waals surface area contributed by atoms with Gasteiger partial charge in [0.2, 0.25) is 5.91 Å². The lowest BCUT2D eigenvalue weighted by Gasteiger charge is -2.31. The van der Waals surface area contributed by atoms with Gasteiger partial charge >= 0.3 is 0 Å². The fourth-order valence-corrected chi connectivity index (χ4v) is 2.94. The number of hydrogen-bond donors (Lipinski definition) is 0. The lowest BCUT2D eigenvalue weighted by Crippen LogP contribution is -2.40. The number of nitrogens with zero attached hydrogens (tertiary/aromatic N) is 3. The van der Waals surface area contributed by atoms with Gasteiger partial charge < -0.3 is 9.30 Å². The topological polar surface area (TPSA) is 37.6 Å². The maximum atomic E-state index is 12.6. The van der Waals surface area contributed by atoms with Crippen LogP contribution in [0.25, 0.3) is 5.65 Å². The molecule has 0 unspecified atom stereocenters. The number of pyridine rings is 1. The third-order valence-corrected chi connectivity index (χ3v) is 4.55. The molecule has 0 aliphatic heterocycles. The molecule has 1 amide bonds. The summed E-state index contributed by atoms with van der Waals surface area (Å²) in [4.78, 5) is 19.1. The van der Waals surface area contributed by atoms with Gasteiger partial charge in [0.25, 0.3) is 0 Å². The van der Waals surface area contributed by atoms with Gasteiger partial charge in [0.1, 0.15) is 5.65 Å². The van der Waals surface area contributed by atoms with E-state index in [1.807, 2.05) is 30.6 Å². The molecular weight excluding hydrogens is 250 g/mol. The van der Waals surface area contributed by atoms with Crippen LogP contribution in [0.1, 0.15) is 37.8 Å². The first-order valence-corrected chi connectivity index (χ1v) is 7.54. The molecule has 2 fully saturated rings. The molecule has 0 radical (unpaired) electrons. The van der Waals surface area contributed by atoms with Crippen LogP contribution >= 0.6 is 0 Å². The van der Waals surface area contributed by atoms with Crippen molar-refractivity contribution < 1.29 is 4.79 Å². The Labute approximate surface area is 118 Å². The van der Waals surface area contributed by atoms with Gasteiger partial charge in [0.05, 0.1) is 18.4 Å². The van der Waals surface area contributed by atoms with Crippen molar-refractivity contribution in [2.75, 3.05) is 0 Å². The third-order valence-electron chi connectivity index (χ3n) is 4.55. The van der Waals surface area contributed by atoms with E-state index < -0.39 is 0 Å². The number of aromatic nitrogens is 2. The predicted octanol–water partition coefficient (Wildman–Crippen LogP) is 2.63. The molecule has 2 heterocycles. The monoisotopic (exact) mass is 269 g/mol. The lowest BCUT2D eigenvalue weighted by molar-refractivity contribution is -0.139. The summed E-state index contributed by atoms with van der Waals surface area (Å²) in [5.74, 6) is 0.652. The Morgan fingerprint density at radius 1 is 1.30 bits per heavy atom. The molecule has 2 aromatic rings. The van der Waals surface area contributed by atoms with Crippen molar-refractivity contribution in [3.05, 3.63) is 36.3 Å². The molecule has 4 rings (SSSR count). The minimum absolute atomic E-state index is 0.287. The Morgan fingerprint density at radius 2 is 2.15 bits per heavy atom. The molecule has 2 saturated carbocycles. The number of amides is 1. The summed E-state index contributed by atoms with van der Waals surface area (Å²) in [5, 5.41) is 0. The third kappa shape index (κ3) is 1.99. The van der Waals surface area contributed by atoms with Crippen molar-refractivity contribution in [1.29, 1.82) is 0 Å². The second-order valence-corrected chi connectivity index (χ2v) is 6.00. The van der Waals surface area contributed by atoms with E-state index >= 15 is 0 Å². The van der Waals surface area contributed by atoms with E-state index in [9.17, 15) is 4.79 Å². The van der Waals surface area contributed by atoms with E-state index in [1.165, 1.54) is 6.42 Å². The SMILES string of the molecule is O=C(C1CCC1)N(Cc1cnc2ccccn12)C1CC1. The molecule has 0 bridgehead atoms. The van der Waals surface area contributed by atoms with Crippen LogP contribution in [0.4, 0.5) is 0 Å². The van der Waals surface area contributed by atoms with Crippen molar-refractivity contribution in [3.8, 4) is 0 Å². The van der Waals surface area contributed by atoms with Gasteiger partial charge in [-0.2, -0.15) is 0 Å². The van der Waals surface area contributed by atoms with Gasteiger partial charge in [-0.3, -0.25) is 4.79 Å². The van der Waals surface area contributed by atoms with Crippen molar-refractivity contribution in [3.63, 3.8) is 0 Å². The Kier molecular flexibility index (Phi) is 2.76. The molecule has 0 aromatic carbocycles.